The molecule has 0 aliphatic carbocycles. The number of rotatable bonds is 4. The summed E-state index contributed by atoms with van der Waals surface area (Å²) in [6.45, 7) is 0.460. The Morgan fingerprint density at radius 1 is 1.05 bits per heavy atom. The number of aromatic nitrogens is 2. The molecule has 0 bridgehead atoms. The van der Waals surface area contributed by atoms with Crippen LogP contribution in [0, 0.1) is 0 Å². The van der Waals surface area contributed by atoms with E-state index in [1.54, 1.807) is 18.2 Å². The second-order valence-electron chi connectivity index (χ2n) is 4.21. The van der Waals surface area contributed by atoms with Crippen LogP contribution in [0.1, 0.15) is 11.3 Å². The summed E-state index contributed by atoms with van der Waals surface area (Å²) in [7, 11) is 0. The molecule has 112 valence electrons. The topological polar surface area (TPSA) is 37.8 Å². The minimum absolute atomic E-state index is 0.271. The molecule has 0 atom stereocenters. The smallest absolute Gasteiger partial charge is 0.368 e. The molecule has 0 aliphatic heterocycles. The summed E-state index contributed by atoms with van der Waals surface area (Å²) in [5.74, 6) is 0.271. The number of halogens is 5. The van der Waals surface area contributed by atoms with Crippen molar-refractivity contribution in [3.05, 3.63) is 51.6 Å². The van der Waals surface area contributed by atoms with Crippen LogP contribution in [0.4, 0.5) is 19.0 Å². The minimum atomic E-state index is -4.48. The van der Waals surface area contributed by atoms with Crippen molar-refractivity contribution in [2.24, 2.45) is 0 Å². The summed E-state index contributed by atoms with van der Waals surface area (Å²) in [5, 5.41) is 10.6. The van der Waals surface area contributed by atoms with Crippen LogP contribution in [0.25, 0.3) is 0 Å². The first kappa shape index (κ1) is 15.9. The lowest BCUT2D eigenvalue weighted by Gasteiger charge is -2.08. The molecule has 0 aliphatic rings. The average Bonchev–Trinajstić information content (AvgIpc) is 2.41. The van der Waals surface area contributed by atoms with E-state index in [0.717, 1.165) is 11.6 Å². The van der Waals surface area contributed by atoms with Gasteiger partial charge in [0.05, 0.1) is 0 Å². The quantitative estimate of drug-likeness (QED) is 0.896. The van der Waals surface area contributed by atoms with E-state index < -0.39 is 11.9 Å². The van der Waals surface area contributed by atoms with Crippen molar-refractivity contribution in [2.45, 2.75) is 12.6 Å². The van der Waals surface area contributed by atoms with Crippen molar-refractivity contribution >= 4 is 29.0 Å². The normalized spacial score (nSPS) is 11.5. The molecule has 1 aromatic heterocycles. The van der Waals surface area contributed by atoms with E-state index in [1.165, 1.54) is 6.07 Å². The largest absolute Gasteiger partial charge is 0.435 e. The fraction of sp³-hybridized carbons (Fsp3) is 0.231. The van der Waals surface area contributed by atoms with Gasteiger partial charge in [-0.25, -0.2) is 0 Å². The highest BCUT2D eigenvalue weighted by atomic mass is 35.5. The fourth-order valence-electron chi connectivity index (χ4n) is 1.63. The predicted octanol–water partition coefficient (Wildman–Crippen LogP) is 4.46. The lowest BCUT2D eigenvalue weighted by atomic mass is 10.1. The number of hydrogen-bond acceptors (Lipinski definition) is 3. The molecule has 0 spiro atoms. The van der Waals surface area contributed by atoms with Gasteiger partial charge in [-0.2, -0.15) is 13.2 Å². The lowest BCUT2D eigenvalue weighted by molar-refractivity contribution is -0.141. The van der Waals surface area contributed by atoms with Crippen molar-refractivity contribution in [1.82, 2.24) is 10.2 Å². The first-order valence-electron chi connectivity index (χ1n) is 5.95. The lowest BCUT2D eigenvalue weighted by Crippen LogP contribution is -2.11. The SMILES string of the molecule is FC(F)(F)c1ccc(NCCc2ccc(Cl)cc2Cl)nn1. The molecule has 0 saturated carbocycles. The zero-order valence-corrected chi connectivity index (χ0v) is 12.1. The summed E-state index contributed by atoms with van der Waals surface area (Å²) in [6.07, 6.45) is -3.90. The molecular weight excluding hydrogens is 326 g/mol. The van der Waals surface area contributed by atoms with Crippen LogP contribution in [0.5, 0.6) is 0 Å². The Morgan fingerprint density at radius 2 is 1.81 bits per heavy atom. The highest BCUT2D eigenvalue weighted by Crippen LogP contribution is 2.27. The molecule has 0 saturated heterocycles. The van der Waals surface area contributed by atoms with E-state index in [0.29, 0.717) is 23.0 Å². The van der Waals surface area contributed by atoms with Gasteiger partial charge in [-0.15, -0.1) is 10.2 Å². The van der Waals surface area contributed by atoms with Gasteiger partial charge in [0.1, 0.15) is 5.82 Å². The molecule has 0 amide bonds. The second-order valence-corrected chi connectivity index (χ2v) is 5.06. The van der Waals surface area contributed by atoms with E-state index in [-0.39, 0.29) is 5.82 Å². The predicted molar refractivity (Wildman–Crippen MR) is 75.7 cm³/mol. The van der Waals surface area contributed by atoms with Gasteiger partial charge in [-0.05, 0) is 36.2 Å². The van der Waals surface area contributed by atoms with Gasteiger partial charge in [0, 0.05) is 16.6 Å². The maximum Gasteiger partial charge on any atom is 0.435 e. The molecule has 1 N–H and O–H groups in total. The van der Waals surface area contributed by atoms with Crippen molar-refractivity contribution in [3.63, 3.8) is 0 Å². The van der Waals surface area contributed by atoms with Gasteiger partial charge in [-0.1, -0.05) is 29.3 Å². The number of nitrogens with one attached hydrogen (secondary N) is 1. The van der Waals surface area contributed by atoms with Gasteiger partial charge in [0.2, 0.25) is 0 Å². The molecule has 21 heavy (non-hydrogen) atoms. The van der Waals surface area contributed by atoms with E-state index in [1.807, 2.05) is 0 Å². The highest BCUT2D eigenvalue weighted by molar-refractivity contribution is 6.35. The van der Waals surface area contributed by atoms with Crippen LogP contribution in [0.2, 0.25) is 10.0 Å². The third-order valence-corrected chi connectivity index (χ3v) is 3.26. The number of nitrogens with zero attached hydrogens (tertiary/aromatic N) is 2. The summed E-state index contributed by atoms with van der Waals surface area (Å²) in [6, 6.07) is 7.27. The third kappa shape index (κ3) is 4.47. The van der Waals surface area contributed by atoms with Gasteiger partial charge < -0.3 is 5.32 Å². The highest BCUT2D eigenvalue weighted by Gasteiger charge is 2.32. The molecule has 2 rings (SSSR count). The molecule has 0 fully saturated rings. The standard InChI is InChI=1S/C13H10Cl2F3N3/c14-9-2-1-8(10(15)7-9)5-6-19-12-4-3-11(20-21-12)13(16,17)18/h1-4,7H,5-6H2,(H,19,21). The Bertz CT molecular complexity index is 615. The molecular formula is C13H10Cl2F3N3. The molecule has 2 aromatic rings. The molecule has 1 heterocycles. The van der Waals surface area contributed by atoms with Crippen LogP contribution in [-0.4, -0.2) is 16.7 Å². The Morgan fingerprint density at radius 3 is 2.38 bits per heavy atom. The van der Waals surface area contributed by atoms with Crippen LogP contribution in [-0.2, 0) is 12.6 Å². The maximum atomic E-state index is 12.3. The van der Waals surface area contributed by atoms with Crippen LogP contribution in [0.3, 0.4) is 0 Å². The first-order chi connectivity index (χ1) is 9.86. The zero-order valence-electron chi connectivity index (χ0n) is 10.6. The summed E-state index contributed by atoms with van der Waals surface area (Å²) in [5.41, 5.74) is -0.137. The van der Waals surface area contributed by atoms with Crippen molar-refractivity contribution in [1.29, 1.82) is 0 Å². The molecule has 3 nitrogen and oxygen atoms in total. The van der Waals surface area contributed by atoms with E-state index in [2.05, 4.69) is 15.5 Å². The van der Waals surface area contributed by atoms with Crippen LogP contribution in [0.15, 0.2) is 30.3 Å². The Labute approximate surface area is 129 Å². The van der Waals surface area contributed by atoms with Crippen LogP contribution < -0.4 is 5.32 Å². The van der Waals surface area contributed by atoms with E-state index in [4.69, 9.17) is 23.2 Å². The fourth-order valence-corrected chi connectivity index (χ4v) is 2.13. The number of alkyl halides is 3. The van der Waals surface area contributed by atoms with E-state index >= 15 is 0 Å². The minimum Gasteiger partial charge on any atom is -0.368 e. The van der Waals surface area contributed by atoms with Crippen molar-refractivity contribution < 1.29 is 13.2 Å². The summed E-state index contributed by atoms with van der Waals surface area (Å²) < 4.78 is 37.0. The van der Waals surface area contributed by atoms with Crippen LogP contribution >= 0.6 is 23.2 Å². The van der Waals surface area contributed by atoms with Crippen molar-refractivity contribution in [2.75, 3.05) is 11.9 Å². The van der Waals surface area contributed by atoms with Gasteiger partial charge in [0.25, 0.3) is 0 Å². The summed E-state index contributed by atoms with van der Waals surface area (Å²) in [4.78, 5) is 0. The third-order valence-electron chi connectivity index (χ3n) is 2.67. The Hall–Kier alpha value is -1.53. The molecule has 1 aromatic carbocycles. The number of hydrogen-bond donors (Lipinski definition) is 1. The van der Waals surface area contributed by atoms with Gasteiger partial charge >= 0.3 is 6.18 Å². The monoisotopic (exact) mass is 335 g/mol. The first-order valence-corrected chi connectivity index (χ1v) is 6.70. The molecule has 8 heteroatoms. The summed E-state index contributed by atoms with van der Waals surface area (Å²) >= 11 is 11.8. The average molecular weight is 336 g/mol. The maximum absolute atomic E-state index is 12.3. The molecule has 0 radical (unpaired) electrons. The Kier molecular flexibility index (Phi) is 4.90. The Balaban J connectivity index is 1.91. The van der Waals surface area contributed by atoms with Gasteiger partial charge in [0.15, 0.2) is 5.69 Å². The number of anilines is 1. The molecule has 0 unspecified atom stereocenters. The van der Waals surface area contributed by atoms with Gasteiger partial charge in [-0.3, -0.25) is 0 Å². The number of benzene rings is 1. The zero-order chi connectivity index (χ0) is 15.5. The second kappa shape index (κ2) is 6.49. The van der Waals surface area contributed by atoms with Crippen molar-refractivity contribution in [3.8, 4) is 0 Å². The van der Waals surface area contributed by atoms with E-state index in [9.17, 15) is 13.2 Å².